The van der Waals surface area contributed by atoms with Gasteiger partial charge in [0.25, 0.3) is 5.56 Å². The Morgan fingerprint density at radius 2 is 1.83 bits per heavy atom. The highest BCUT2D eigenvalue weighted by Crippen LogP contribution is 2.26. The number of hydrogen-bond acceptors (Lipinski definition) is 2. The molecule has 0 bridgehead atoms. The third-order valence-electron chi connectivity index (χ3n) is 2.93. The van der Waals surface area contributed by atoms with Gasteiger partial charge >= 0.3 is 0 Å². The molecule has 0 aliphatic carbocycles. The van der Waals surface area contributed by atoms with E-state index in [0.29, 0.717) is 0 Å². The number of rotatable bonds is 2. The first-order chi connectivity index (χ1) is 8.47. The molecule has 0 atom stereocenters. The van der Waals surface area contributed by atoms with E-state index < -0.39 is 0 Å². The Kier molecular flexibility index (Phi) is 3.32. The first-order valence-corrected chi connectivity index (χ1v) is 6.10. The molecule has 1 heterocycles. The van der Waals surface area contributed by atoms with Crippen molar-refractivity contribution in [2.75, 3.05) is 0 Å². The Bertz CT molecular complexity index is 573. The van der Waals surface area contributed by atoms with E-state index in [-0.39, 0.29) is 11.0 Å². The van der Waals surface area contributed by atoms with Gasteiger partial charge in [0.05, 0.1) is 5.69 Å². The fourth-order valence-corrected chi connectivity index (χ4v) is 2.07. The molecule has 2 aromatic rings. The van der Waals surface area contributed by atoms with Gasteiger partial charge in [-0.1, -0.05) is 45.0 Å². The summed E-state index contributed by atoms with van der Waals surface area (Å²) < 4.78 is 0. The van der Waals surface area contributed by atoms with Crippen LogP contribution >= 0.6 is 0 Å². The Morgan fingerprint density at radius 1 is 1.11 bits per heavy atom. The molecule has 18 heavy (non-hydrogen) atoms. The Balaban J connectivity index is 2.35. The van der Waals surface area contributed by atoms with Crippen molar-refractivity contribution in [3.8, 4) is 0 Å². The van der Waals surface area contributed by atoms with E-state index in [1.54, 1.807) is 6.07 Å². The Morgan fingerprint density at radius 3 is 2.44 bits per heavy atom. The van der Waals surface area contributed by atoms with Gasteiger partial charge in [-0.25, -0.2) is 5.10 Å². The van der Waals surface area contributed by atoms with Gasteiger partial charge in [-0.2, -0.15) is 5.10 Å². The molecule has 0 spiro atoms. The van der Waals surface area contributed by atoms with Crippen LogP contribution in [-0.4, -0.2) is 10.2 Å². The van der Waals surface area contributed by atoms with E-state index >= 15 is 0 Å². The van der Waals surface area contributed by atoms with Crippen molar-refractivity contribution in [2.24, 2.45) is 0 Å². The number of hydrogen-bond donors (Lipinski definition) is 1. The topological polar surface area (TPSA) is 45.8 Å². The Labute approximate surface area is 107 Å². The zero-order valence-electron chi connectivity index (χ0n) is 11.0. The molecule has 0 aliphatic heterocycles. The van der Waals surface area contributed by atoms with Crippen LogP contribution in [0.15, 0.2) is 41.2 Å². The van der Waals surface area contributed by atoms with E-state index in [1.165, 1.54) is 17.2 Å². The van der Waals surface area contributed by atoms with Crippen molar-refractivity contribution in [3.63, 3.8) is 0 Å². The van der Waals surface area contributed by atoms with Crippen molar-refractivity contribution in [1.82, 2.24) is 10.2 Å². The first-order valence-electron chi connectivity index (χ1n) is 6.10. The summed E-state index contributed by atoms with van der Waals surface area (Å²) in [4.78, 5) is 11.0. The summed E-state index contributed by atoms with van der Waals surface area (Å²) in [6.45, 7) is 6.60. The maximum atomic E-state index is 11.0. The maximum Gasteiger partial charge on any atom is 0.264 e. The standard InChI is InChI=1S/C15H18N2O/c1-15(2,3)13-7-5-4-6-11(13)10-12-8-9-14(18)17-16-12/h4-9H,10H2,1-3H3,(H,17,18). The fraction of sp³-hybridized carbons (Fsp3) is 0.333. The Hall–Kier alpha value is -1.90. The summed E-state index contributed by atoms with van der Waals surface area (Å²) in [7, 11) is 0. The molecule has 3 heteroatoms. The number of nitrogens with one attached hydrogen (secondary N) is 1. The monoisotopic (exact) mass is 242 g/mol. The summed E-state index contributed by atoms with van der Waals surface area (Å²) in [6.07, 6.45) is 0.740. The first kappa shape index (κ1) is 12.6. The lowest BCUT2D eigenvalue weighted by molar-refractivity contribution is 0.583. The van der Waals surface area contributed by atoms with Crippen LogP contribution in [0.1, 0.15) is 37.6 Å². The summed E-state index contributed by atoms with van der Waals surface area (Å²) in [5.41, 5.74) is 3.40. The van der Waals surface area contributed by atoms with Gasteiger partial charge in [0.15, 0.2) is 0 Å². The summed E-state index contributed by atoms with van der Waals surface area (Å²) >= 11 is 0. The third-order valence-corrected chi connectivity index (χ3v) is 2.93. The molecule has 3 nitrogen and oxygen atoms in total. The highest BCUT2D eigenvalue weighted by atomic mass is 16.1. The minimum atomic E-state index is -0.164. The van der Waals surface area contributed by atoms with E-state index in [9.17, 15) is 4.79 Å². The van der Waals surface area contributed by atoms with Crippen LogP contribution in [0.25, 0.3) is 0 Å². The highest BCUT2D eigenvalue weighted by Gasteiger charge is 2.17. The number of H-pyrrole nitrogens is 1. The van der Waals surface area contributed by atoms with Gasteiger partial charge in [-0.3, -0.25) is 4.79 Å². The molecule has 0 saturated heterocycles. The molecule has 0 amide bonds. The number of aromatic nitrogens is 2. The maximum absolute atomic E-state index is 11.0. The molecular formula is C15H18N2O. The molecule has 1 aromatic heterocycles. The average Bonchev–Trinajstić information content (AvgIpc) is 2.31. The van der Waals surface area contributed by atoms with E-state index in [0.717, 1.165) is 12.1 Å². The molecule has 0 fully saturated rings. The van der Waals surface area contributed by atoms with Crippen molar-refractivity contribution in [2.45, 2.75) is 32.6 Å². The van der Waals surface area contributed by atoms with E-state index in [4.69, 9.17) is 0 Å². The third kappa shape index (κ3) is 2.86. The van der Waals surface area contributed by atoms with Gasteiger partial charge in [-0.15, -0.1) is 0 Å². The van der Waals surface area contributed by atoms with Crippen molar-refractivity contribution in [3.05, 3.63) is 63.6 Å². The van der Waals surface area contributed by atoms with Gasteiger partial charge in [0.2, 0.25) is 0 Å². The van der Waals surface area contributed by atoms with Crippen LogP contribution in [0, 0.1) is 0 Å². The van der Waals surface area contributed by atoms with E-state index in [1.807, 2.05) is 6.07 Å². The van der Waals surface area contributed by atoms with Gasteiger partial charge < -0.3 is 0 Å². The van der Waals surface area contributed by atoms with Gasteiger partial charge in [-0.05, 0) is 22.6 Å². The average molecular weight is 242 g/mol. The second-order valence-electron chi connectivity index (χ2n) is 5.50. The van der Waals surface area contributed by atoms with Crippen LogP contribution in [0.3, 0.4) is 0 Å². The predicted octanol–water partition coefficient (Wildman–Crippen LogP) is 2.66. The molecule has 2 rings (SSSR count). The largest absolute Gasteiger partial charge is 0.268 e. The molecular weight excluding hydrogens is 224 g/mol. The summed E-state index contributed by atoms with van der Waals surface area (Å²) in [5.74, 6) is 0. The lowest BCUT2D eigenvalue weighted by Crippen LogP contribution is -2.15. The van der Waals surface area contributed by atoms with Crippen LogP contribution in [0.4, 0.5) is 0 Å². The lowest BCUT2D eigenvalue weighted by Gasteiger charge is -2.22. The molecule has 0 unspecified atom stereocenters. The second-order valence-corrected chi connectivity index (χ2v) is 5.50. The predicted molar refractivity (Wildman–Crippen MR) is 72.8 cm³/mol. The van der Waals surface area contributed by atoms with Crippen LogP contribution in [-0.2, 0) is 11.8 Å². The minimum absolute atomic E-state index is 0.110. The number of nitrogens with zero attached hydrogens (tertiary/aromatic N) is 1. The van der Waals surface area contributed by atoms with Crippen molar-refractivity contribution >= 4 is 0 Å². The SMILES string of the molecule is CC(C)(C)c1ccccc1Cc1ccc(=O)[nH]n1. The van der Waals surface area contributed by atoms with E-state index in [2.05, 4.69) is 49.2 Å². The number of benzene rings is 1. The van der Waals surface area contributed by atoms with Crippen molar-refractivity contribution < 1.29 is 0 Å². The van der Waals surface area contributed by atoms with Crippen molar-refractivity contribution in [1.29, 1.82) is 0 Å². The lowest BCUT2D eigenvalue weighted by atomic mass is 9.82. The highest BCUT2D eigenvalue weighted by molar-refractivity contribution is 5.35. The van der Waals surface area contributed by atoms with Gasteiger partial charge in [0, 0.05) is 12.5 Å². The normalized spacial score (nSPS) is 11.5. The molecule has 0 radical (unpaired) electrons. The van der Waals surface area contributed by atoms with Crippen LogP contribution < -0.4 is 5.56 Å². The summed E-state index contributed by atoms with van der Waals surface area (Å²) in [5, 5.41) is 6.53. The fourth-order valence-electron chi connectivity index (χ4n) is 2.07. The molecule has 0 aliphatic rings. The van der Waals surface area contributed by atoms with Crippen LogP contribution in [0.2, 0.25) is 0 Å². The van der Waals surface area contributed by atoms with Gasteiger partial charge in [0.1, 0.15) is 0 Å². The summed E-state index contributed by atoms with van der Waals surface area (Å²) in [6, 6.07) is 11.7. The molecule has 94 valence electrons. The molecule has 1 N–H and O–H groups in total. The molecule has 0 saturated carbocycles. The zero-order chi connectivity index (χ0) is 13.2. The quantitative estimate of drug-likeness (QED) is 0.880. The zero-order valence-corrected chi connectivity index (χ0v) is 11.0. The van der Waals surface area contributed by atoms with Crippen LogP contribution in [0.5, 0.6) is 0 Å². The minimum Gasteiger partial charge on any atom is -0.268 e. The number of aromatic amines is 1. The molecule has 1 aromatic carbocycles. The second kappa shape index (κ2) is 4.77. The smallest absolute Gasteiger partial charge is 0.264 e.